The molecule has 0 spiro atoms. The summed E-state index contributed by atoms with van der Waals surface area (Å²) in [5.74, 6) is -6.73. The first-order valence-corrected chi connectivity index (χ1v) is 14.4. The van der Waals surface area contributed by atoms with Gasteiger partial charge in [-0.3, -0.25) is 24.0 Å². The number of hydrogen-bond acceptors (Lipinski definition) is 7. The quantitative estimate of drug-likeness (QED) is 0.0831. The van der Waals surface area contributed by atoms with E-state index in [1.54, 1.807) is 42.7 Å². The Kier molecular flexibility index (Phi) is 10.7. The Bertz CT molecular complexity index is 1760. The van der Waals surface area contributed by atoms with Crippen LogP contribution in [0.25, 0.3) is 21.8 Å². The molecule has 0 fully saturated rings. The molecule has 0 saturated carbocycles. The SMILES string of the molecule is NC(CCC(=O)O)C(=O)NC(Cc1c[nH]c2ccccc12)C(=O)NC(Cc1c[nH]c2ccccc12)C(=O)NC(CC(=O)O)C(=O)O. The average Bonchev–Trinajstić information content (AvgIpc) is 3.62. The number of carbonyl (C=O) groups is 6. The van der Waals surface area contributed by atoms with Crippen molar-refractivity contribution in [3.8, 4) is 0 Å². The second-order valence-electron chi connectivity index (χ2n) is 10.8. The zero-order valence-electron chi connectivity index (χ0n) is 24.5. The van der Waals surface area contributed by atoms with E-state index in [-0.39, 0.29) is 25.7 Å². The first kappa shape index (κ1) is 33.2. The van der Waals surface area contributed by atoms with Crippen molar-refractivity contribution < 1.29 is 44.1 Å². The van der Waals surface area contributed by atoms with Crippen LogP contribution in [0, 0.1) is 0 Å². The van der Waals surface area contributed by atoms with Crippen LogP contribution in [0.1, 0.15) is 30.4 Å². The molecule has 2 aromatic carbocycles. The molecular weight excluding hydrogens is 600 g/mol. The summed E-state index contributed by atoms with van der Waals surface area (Å²) < 4.78 is 0. The highest BCUT2D eigenvalue weighted by atomic mass is 16.4. The van der Waals surface area contributed by atoms with Crippen molar-refractivity contribution >= 4 is 57.4 Å². The van der Waals surface area contributed by atoms with Crippen molar-refractivity contribution in [1.29, 1.82) is 0 Å². The number of carboxylic acids is 3. The standard InChI is InChI=1S/C31H34N6O9/c32-20(9-10-26(38)39)28(42)35-23(11-16-14-33-21-7-3-1-5-18(16)21)29(43)36-24(30(44)37-25(31(45)46)13-27(40)41)12-17-15-34-22-8-4-2-6-19(17)22/h1-8,14-15,20,23-25,33-34H,9-13,32H2,(H,35,42)(H,36,43)(H,37,44)(H,38,39)(H,40,41)(H,45,46). The zero-order valence-corrected chi connectivity index (χ0v) is 24.5. The average molecular weight is 635 g/mol. The van der Waals surface area contributed by atoms with Crippen molar-refractivity contribution in [1.82, 2.24) is 25.9 Å². The number of carbonyl (C=O) groups excluding carboxylic acids is 3. The van der Waals surface area contributed by atoms with Crippen LogP contribution in [0.2, 0.25) is 0 Å². The smallest absolute Gasteiger partial charge is 0.326 e. The van der Waals surface area contributed by atoms with Gasteiger partial charge < -0.3 is 47.0 Å². The summed E-state index contributed by atoms with van der Waals surface area (Å²) in [6.07, 6.45) is 1.67. The number of para-hydroxylation sites is 2. The minimum absolute atomic E-state index is 0.0502. The topological polar surface area (TPSA) is 257 Å². The number of aromatic amines is 2. The maximum Gasteiger partial charge on any atom is 0.326 e. The summed E-state index contributed by atoms with van der Waals surface area (Å²) in [5, 5.41) is 36.5. The van der Waals surface area contributed by atoms with Gasteiger partial charge in [0, 0.05) is 53.5 Å². The van der Waals surface area contributed by atoms with Crippen molar-refractivity contribution in [2.24, 2.45) is 5.73 Å². The van der Waals surface area contributed by atoms with Crippen molar-refractivity contribution in [3.05, 3.63) is 72.1 Å². The lowest BCUT2D eigenvalue weighted by molar-refractivity contribution is -0.147. The van der Waals surface area contributed by atoms with Gasteiger partial charge in [-0.25, -0.2) is 4.79 Å². The maximum atomic E-state index is 13.9. The van der Waals surface area contributed by atoms with Gasteiger partial charge in [0.1, 0.15) is 18.1 Å². The molecule has 0 saturated heterocycles. The third-order valence-corrected chi connectivity index (χ3v) is 7.46. The molecule has 0 aliphatic rings. The molecule has 0 aliphatic heterocycles. The summed E-state index contributed by atoms with van der Waals surface area (Å²) >= 11 is 0. The molecular formula is C31H34N6O9. The molecule has 3 amide bonds. The number of fused-ring (bicyclic) bond motifs is 2. The molecule has 4 unspecified atom stereocenters. The van der Waals surface area contributed by atoms with Crippen LogP contribution in [0.15, 0.2) is 60.9 Å². The molecule has 0 bridgehead atoms. The number of amides is 3. The van der Waals surface area contributed by atoms with Gasteiger partial charge in [-0.05, 0) is 29.7 Å². The van der Waals surface area contributed by atoms with Crippen LogP contribution >= 0.6 is 0 Å². The van der Waals surface area contributed by atoms with E-state index in [0.717, 1.165) is 21.8 Å². The first-order valence-electron chi connectivity index (χ1n) is 14.4. The van der Waals surface area contributed by atoms with E-state index >= 15 is 0 Å². The molecule has 2 aromatic heterocycles. The second-order valence-corrected chi connectivity index (χ2v) is 10.8. The van der Waals surface area contributed by atoms with Crippen molar-refractivity contribution in [2.75, 3.05) is 0 Å². The van der Waals surface area contributed by atoms with E-state index in [1.807, 2.05) is 18.2 Å². The number of nitrogens with two attached hydrogens (primary N) is 1. The molecule has 0 radical (unpaired) electrons. The Hall–Kier alpha value is -5.70. The van der Waals surface area contributed by atoms with Crippen LogP contribution in [0.5, 0.6) is 0 Å². The summed E-state index contributed by atoms with van der Waals surface area (Å²) in [6.45, 7) is 0. The van der Waals surface area contributed by atoms with E-state index in [0.29, 0.717) is 11.1 Å². The van der Waals surface area contributed by atoms with Gasteiger partial charge in [0.15, 0.2) is 0 Å². The largest absolute Gasteiger partial charge is 0.481 e. The van der Waals surface area contributed by atoms with Crippen molar-refractivity contribution in [3.63, 3.8) is 0 Å². The van der Waals surface area contributed by atoms with Crippen LogP contribution in [-0.4, -0.2) is 85.1 Å². The van der Waals surface area contributed by atoms with Crippen LogP contribution in [-0.2, 0) is 41.6 Å². The predicted octanol–water partition coefficient (Wildman–Crippen LogP) is 0.640. The first-order chi connectivity index (χ1) is 21.9. The van der Waals surface area contributed by atoms with E-state index < -0.39 is 66.2 Å². The van der Waals surface area contributed by atoms with Gasteiger partial charge in [-0.2, -0.15) is 0 Å². The number of hydrogen-bond donors (Lipinski definition) is 9. The minimum atomic E-state index is -1.78. The van der Waals surface area contributed by atoms with Gasteiger partial charge in [0.05, 0.1) is 12.5 Å². The molecule has 15 nitrogen and oxygen atoms in total. The Morgan fingerprint density at radius 2 is 1.11 bits per heavy atom. The molecule has 15 heteroatoms. The molecule has 4 rings (SSSR count). The van der Waals surface area contributed by atoms with Crippen molar-refractivity contribution in [2.45, 2.75) is 56.3 Å². The Balaban J connectivity index is 1.64. The molecule has 4 aromatic rings. The number of aliphatic carboxylic acids is 3. The fourth-order valence-corrected chi connectivity index (χ4v) is 5.07. The second kappa shape index (κ2) is 14.9. The van der Waals surface area contributed by atoms with E-state index in [9.17, 15) is 33.9 Å². The van der Waals surface area contributed by atoms with Crippen LogP contribution in [0.3, 0.4) is 0 Å². The summed E-state index contributed by atoms with van der Waals surface area (Å²) in [5.41, 5.74) is 8.69. The number of nitrogens with one attached hydrogen (secondary N) is 5. The zero-order chi connectivity index (χ0) is 33.4. The van der Waals surface area contributed by atoms with E-state index in [1.165, 1.54) is 0 Å². The number of aromatic nitrogens is 2. The van der Waals surface area contributed by atoms with Gasteiger partial charge in [-0.1, -0.05) is 36.4 Å². The van der Waals surface area contributed by atoms with Crippen LogP contribution in [0.4, 0.5) is 0 Å². The number of benzene rings is 2. The third-order valence-electron chi connectivity index (χ3n) is 7.46. The highest BCUT2D eigenvalue weighted by Crippen LogP contribution is 2.21. The highest BCUT2D eigenvalue weighted by molar-refractivity contribution is 5.96. The number of carboxylic acid groups (broad SMARTS) is 3. The lowest BCUT2D eigenvalue weighted by Crippen LogP contribution is -2.58. The minimum Gasteiger partial charge on any atom is -0.481 e. The summed E-state index contributed by atoms with van der Waals surface area (Å²) in [6, 6.07) is 8.73. The number of H-pyrrole nitrogens is 2. The lowest BCUT2D eigenvalue weighted by Gasteiger charge is -2.25. The van der Waals surface area contributed by atoms with E-state index in [2.05, 4.69) is 25.9 Å². The lowest BCUT2D eigenvalue weighted by atomic mass is 10.0. The summed E-state index contributed by atoms with van der Waals surface area (Å²) in [7, 11) is 0. The van der Waals surface area contributed by atoms with E-state index in [4.69, 9.17) is 15.9 Å². The van der Waals surface area contributed by atoms with Gasteiger partial charge in [0.25, 0.3) is 0 Å². The number of rotatable bonds is 16. The van der Waals surface area contributed by atoms with Gasteiger partial charge >= 0.3 is 17.9 Å². The monoisotopic (exact) mass is 634 g/mol. The Morgan fingerprint density at radius 3 is 1.57 bits per heavy atom. The molecule has 10 N–H and O–H groups in total. The van der Waals surface area contributed by atoms with Gasteiger partial charge in [0.2, 0.25) is 17.7 Å². The fraction of sp³-hybridized carbons (Fsp3) is 0.290. The van der Waals surface area contributed by atoms with Gasteiger partial charge in [-0.15, -0.1) is 0 Å². The summed E-state index contributed by atoms with van der Waals surface area (Å²) in [4.78, 5) is 80.4. The normalized spacial score (nSPS) is 13.8. The highest BCUT2D eigenvalue weighted by Gasteiger charge is 2.32. The molecule has 4 atom stereocenters. The third kappa shape index (κ3) is 8.47. The maximum absolute atomic E-state index is 13.9. The molecule has 2 heterocycles. The molecule has 0 aliphatic carbocycles. The fourth-order valence-electron chi connectivity index (χ4n) is 5.07. The van der Waals surface area contributed by atoms with Crippen LogP contribution < -0.4 is 21.7 Å². The molecule has 242 valence electrons. The Morgan fingerprint density at radius 1 is 0.652 bits per heavy atom. The Labute approximate surface area is 261 Å². The predicted molar refractivity (Wildman–Crippen MR) is 165 cm³/mol. The molecule has 46 heavy (non-hydrogen) atoms.